The predicted octanol–water partition coefficient (Wildman–Crippen LogP) is 10.0. The molecule has 0 amide bonds. The van der Waals surface area contributed by atoms with E-state index in [4.69, 9.17) is 18.9 Å². The molecule has 0 atom stereocenters. The van der Waals surface area contributed by atoms with Gasteiger partial charge in [-0.3, -0.25) is 18.7 Å². The van der Waals surface area contributed by atoms with Gasteiger partial charge < -0.3 is 29.2 Å². The molecule has 2 fully saturated rings. The Hall–Kier alpha value is -5.60. The first-order valence-corrected chi connectivity index (χ1v) is 21.1. The number of ether oxygens (including phenoxy) is 4. The maximum atomic E-state index is 13.6. The van der Waals surface area contributed by atoms with Gasteiger partial charge in [-0.05, 0) is 98.4 Å². The Bertz CT molecular complexity index is 2580. The second-order valence-corrected chi connectivity index (χ2v) is 16.6. The van der Waals surface area contributed by atoms with Gasteiger partial charge in [0, 0.05) is 9.75 Å². The van der Waals surface area contributed by atoms with Gasteiger partial charge in [-0.1, -0.05) is 52.5 Å². The molecule has 0 saturated heterocycles. The van der Waals surface area contributed by atoms with Crippen molar-refractivity contribution in [1.82, 2.24) is 9.13 Å². The summed E-state index contributed by atoms with van der Waals surface area (Å²) in [4.78, 5) is 53.1. The highest BCUT2D eigenvalue weighted by molar-refractivity contribution is 7.20. The molecule has 2 saturated carbocycles. The molecule has 8 rings (SSSR count). The van der Waals surface area contributed by atoms with Crippen LogP contribution in [-0.2, 0) is 17.8 Å². The number of esters is 1. The van der Waals surface area contributed by atoms with Crippen molar-refractivity contribution in [1.29, 1.82) is 0 Å². The lowest BCUT2D eigenvalue weighted by Gasteiger charge is -2.16. The number of unbranched alkanes of at least 4 members (excludes halogenated alkanes) is 1. The van der Waals surface area contributed by atoms with Crippen molar-refractivity contribution >= 4 is 55.0 Å². The average Bonchev–Trinajstić information content (AvgIpc) is 4.17. The molecule has 0 bridgehead atoms. The number of carboxylic acids is 1. The lowest BCUT2D eigenvalue weighted by molar-refractivity contribution is 0.0523. The third-order valence-electron chi connectivity index (χ3n) is 10.2. The Morgan fingerprint density at radius 1 is 0.733 bits per heavy atom. The summed E-state index contributed by atoms with van der Waals surface area (Å²) in [6.07, 6.45) is 6.17. The third kappa shape index (κ3) is 9.55. The van der Waals surface area contributed by atoms with Crippen molar-refractivity contribution in [2.75, 3.05) is 27.4 Å². The first kappa shape index (κ1) is 45.5. The smallest absolute Gasteiger partial charge is 0.343 e. The molecule has 0 aliphatic heterocycles. The standard InChI is InChI=1S/C25H29NO5S.C19H17NO5S.2CH4/c1-4-6-13-31-22-21(25(28)30-5-2)23-19(14-20(32-23)17-9-10-17)26(24(22)27)15-16-7-11-18(29-3)12-8-16;1-25-12-6-2-10(3-7-12)9-20-13-8-14(11-4-5-11)26-17(13)15(19(23)24)16(21)18(20)22;;/h7-8,11-12,14,17H,4-6,9-10,13,15H2,1-3H3;2-3,6-8,11,21H,4-5,9H2,1H3,(H,23,24);2*1H4. The molecule has 0 radical (unpaired) electrons. The Labute approximate surface area is 357 Å². The molecule has 14 heteroatoms. The number of benzene rings is 2. The first-order valence-electron chi connectivity index (χ1n) is 19.4. The summed E-state index contributed by atoms with van der Waals surface area (Å²) in [6.45, 7) is 5.07. The van der Waals surface area contributed by atoms with Gasteiger partial charge in [0.1, 0.15) is 22.6 Å². The number of methoxy groups -OCH3 is 2. The van der Waals surface area contributed by atoms with E-state index in [2.05, 4.69) is 13.0 Å². The van der Waals surface area contributed by atoms with Crippen LogP contribution in [0.3, 0.4) is 0 Å². The molecule has 0 spiro atoms. The molecular formula is C46H54N2O10S2. The summed E-state index contributed by atoms with van der Waals surface area (Å²) in [5, 5.41) is 19.7. The summed E-state index contributed by atoms with van der Waals surface area (Å²) >= 11 is 2.94. The molecule has 60 heavy (non-hydrogen) atoms. The number of carbonyl (C=O) groups is 2. The van der Waals surface area contributed by atoms with E-state index in [9.17, 15) is 29.4 Å². The normalized spacial score (nSPS) is 13.1. The van der Waals surface area contributed by atoms with Gasteiger partial charge in [0.05, 0.1) is 61.0 Å². The number of nitrogens with zero attached hydrogens (tertiary/aromatic N) is 2. The van der Waals surface area contributed by atoms with E-state index in [1.54, 1.807) is 49.2 Å². The number of aromatic hydroxyl groups is 1. The monoisotopic (exact) mass is 858 g/mol. The van der Waals surface area contributed by atoms with E-state index in [-0.39, 0.29) is 50.4 Å². The van der Waals surface area contributed by atoms with E-state index in [0.717, 1.165) is 70.5 Å². The van der Waals surface area contributed by atoms with Crippen LogP contribution in [0.25, 0.3) is 20.4 Å². The van der Waals surface area contributed by atoms with Crippen LogP contribution in [0.2, 0.25) is 0 Å². The molecular weight excluding hydrogens is 805 g/mol. The van der Waals surface area contributed by atoms with Crippen molar-refractivity contribution in [2.45, 2.75) is 92.2 Å². The number of aromatic carboxylic acids is 1. The Morgan fingerprint density at radius 3 is 1.62 bits per heavy atom. The molecule has 2 aliphatic rings. The maximum Gasteiger partial charge on any atom is 0.343 e. The summed E-state index contributed by atoms with van der Waals surface area (Å²) in [7, 11) is 3.21. The van der Waals surface area contributed by atoms with E-state index in [1.165, 1.54) is 20.8 Å². The van der Waals surface area contributed by atoms with Gasteiger partial charge in [-0.25, -0.2) is 9.59 Å². The molecule has 6 aromatic rings. The number of rotatable bonds is 15. The van der Waals surface area contributed by atoms with Crippen molar-refractivity contribution < 1.29 is 38.7 Å². The number of carbonyl (C=O) groups excluding carboxylic acids is 1. The zero-order valence-corrected chi connectivity index (χ0v) is 34.5. The number of thiophene rings is 2. The lowest BCUT2D eigenvalue weighted by atomic mass is 10.1. The van der Waals surface area contributed by atoms with Crippen molar-refractivity contribution in [3.8, 4) is 23.0 Å². The van der Waals surface area contributed by atoms with E-state index in [1.807, 2.05) is 42.5 Å². The van der Waals surface area contributed by atoms with Gasteiger partial charge in [0.2, 0.25) is 5.75 Å². The average molecular weight is 859 g/mol. The van der Waals surface area contributed by atoms with Gasteiger partial charge in [-0.15, -0.1) is 22.7 Å². The fourth-order valence-electron chi connectivity index (χ4n) is 6.77. The minimum atomic E-state index is -1.29. The van der Waals surface area contributed by atoms with Crippen molar-refractivity contribution in [2.24, 2.45) is 0 Å². The number of pyridine rings is 2. The summed E-state index contributed by atoms with van der Waals surface area (Å²) in [5.41, 5.74) is 2.14. The second kappa shape index (κ2) is 19.6. The van der Waals surface area contributed by atoms with Gasteiger partial charge >= 0.3 is 11.9 Å². The van der Waals surface area contributed by atoms with Crippen LogP contribution in [-0.4, -0.2) is 58.7 Å². The Morgan fingerprint density at radius 2 is 1.20 bits per heavy atom. The summed E-state index contributed by atoms with van der Waals surface area (Å²) in [6, 6.07) is 18.9. The van der Waals surface area contributed by atoms with E-state index >= 15 is 0 Å². The Balaban J connectivity index is 0.000000224. The SMILES string of the molecule is C.C.CCCCOc1c(C(=O)OCC)c2sc(C3CC3)cc2n(Cc2ccc(OC)cc2)c1=O.COc1ccc(Cn2c(=O)c(O)c(C(=O)O)c3sc(C4CC4)cc32)cc1. The highest BCUT2D eigenvalue weighted by Crippen LogP contribution is 2.47. The van der Waals surface area contributed by atoms with Gasteiger partial charge in [0.25, 0.3) is 11.1 Å². The molecule has 0 unspecified atom stereocenters. The number of fused-ring (bicyclic) bond motifs is 2. The molecule has 4 aromatic heterocycles. The lowest BCUT2D eigenvalue weighted by Crippen LogP contribution is -2.26. The van der Waals surface area contributed by atoms with Crippen LogP contribution < -0.4 is 25.3 Å². The Kier molecular flexibility index (Phi) is 14.9. The minimum Gasteiger partial charge on any atom is -0.502 e. The summed E-state index contributed by atoms with van der Waals surface area (Å²) < 4.78 is 26.0. The van der Waals surface area contributed by atoms with Crippen LogP contribution in [0.1, 0.15) is 121 Å². The highest BCUT2D eigenvalue weighted by Gasteiger charge is 2.32. The van der Waals surface area contributed by atoms with Crippen molar-refractivity contribution in [3.63, 3.8) is 0 Å². The molecule has 2 aromatic carbocycles. The molecule has 2 aliphatic carbocycles. The third-order valence-corrected chi connectivity index (χ3v) is 12.9. The number of hydrogen-bond donors (Lipinski definition) is 2. The van der Waals surface area contributed by atoms with E-state index in [0.29, 0.717) is 41.0 Å². The second-order valence-electron chi connectivity index (χ2n) is 14.4. The highest BCUT2D eigenvalue weighted by atomic mass is 32.1. The molecule has 320 valence electrons. The van der Waals surface area contributed by atoms with Crippen LogP contribution in [0.5, 0.6) is 23.0 Å². The molecule has 4 heterocycles. The van der Waals surface area contributed by atoms with Crippen LogP contribution in [0.15, 0.2) is 70.3 Å². The topological polar surface area (TPSA) is 156 Å². The quantitative estimate of drug-likeness (QED) is 0.0753. The fourth-order valence-corrected chi connectivity index (χ4v) is 9.50. The minimum absolute atomic E-state index is 0. The van der Waals surface area contributed by atoms with Crippen LogP contribution >= 0.6 is 22.7 Å². The summed E-state index contributed by atoms with van der Waals surface area (Å²) in [5.74, 6) is 0.0233. The molecule has 2 N–H and O–H groups in total. The van der Waals surface area contributed by atoms with Gasteiger partial charge in [0.15, 0.2) is 5.75 Å². The number of hydrogen-bond acceptors (Lipinski definition) is 11. The number of aromatic nitrogens is 2. The zero-order chi connectivity index (χ0) is 41.1. The van der Waals surface area contributed by atoms with Crippen molar-refractivity contribution in [3.05, 3.63) is 113 Å². The number of carboxylic acid groups (broad SMARTS) is 1. The van der Waals surface area contributed by atoms with Crippen LogP contribution in [0.4, 0.5) is 0 Å². The first-order chi connectivity index (χ1) is 28.1. The zero-order valence-electron chi connectivity index (χ0n) is 32.9. The van der Waals surface area contributed by atoms with E-state index < -0.39 is 23.2 Å². The maximum absolute atomic E-state index is 13.6. The predicted molar refractivity (Wildman–Crippen MR) is 239 cm³/mol. The van der Waals surface area contributed by atoms with Crippen LogP contribution in [0, 0.1) is 0 Å². The largest absolute Gasteiger partial charge is 0.502 e. The molecule has 12 nitrogen and oxygen atoms in total. The fraction of sp³-hybridized carbons (Fsp3) is 0.391. The van der Waals surface area contributed by atoms with Gasteiger partial charge in [-0.2, -0.15) is 0 Å².